The minimum absolute atomic E-state index is 0.0103. The lowest BCUT2D eigenvalue weighted by atomic mass is 10.1. The molecule has 1 rings (SSSR count). The molecule has 1 atom stereocenters. The van der Waals surface area contributed by atoms with Gasteiger partial charge in [-0.1, -0.05) is 13.3 Å². The number of urea groups is 1. The summed E-state index contributed by atoms with van der Waals surface area (Å²) in [5.41, 5.74) is 0. The molecule has 5 heteroatoms. The molecule has 2 amide bonds. The standard InChI is InChI=1S/C13H24N4O/c1-4-6-12(11-14)16-7-9-17(10-8-16)13(18)15(3)5-2/h12H,4-10H2,1-3H3. The van der Waals surface area contributed by atoms with Crippen molar-refractivity contribution in [2.75, 3.05) is 39.8 Å². The fourth-order valence-corrected chi connectivity index (χ4v) is 2.20. The van der Waals surface area contributed by atoms with Crippen LogP contribution in [0.1, 0.15) is 26.7 Å². The molecule has 1 saturated heterocycles. The zero-order valence-corrected chi connectivity index (χ0v) is 11.7. The second-order valence-electron chi connectivity index (χ2n) is 4.75. The van der Waals surface area contributed by atoms with E-state index in [0.29, 0.717) is 0 Å². The molecule has 1 aliphatic heterocycles. The van der Waals surface area contributed by atoms with Gasteiger partial charge in [-0.2, -0.15) is 5.26 Å². The van der Waals surface area contributed by atoms with Crippen molar-refractivity contribution in [1.29, 1.82) is 5.26 Å². The molecule has 1 heterocycles. The van der Waals surface area contributed by atoms with Gasteiger partial charge >= 0.3 is 6.03 Å². The van der Waals surface area contributed by atoms with Crippen molar-refractivity contribution >= 4 is 6.03 Å². The molecule has 0 aromatic rings. The van der Waals surface area contributed by atoms with Crippen molar-refractivity contribution in [2.24, 2.45) is 0 Å². The first-order valence-corrected chi connectivity index (χ1v) is 6.77. The summed E-state index contributed by atoms with van der Waals surface area (Å²) < 4.78 is 0. The third-order valence-electron chi connectivity index (χ3n) is 3.54. The van der Waals surface area contributed by atoms with Gasteiger partial charge in [0.05, 0.1) is 12.1 Å². The fraction of sp³-hybridized carbons (Fsp3) is 0.846. The topological polar surface area (TPSA) is 50.6 Å². The number of carbonyl (C=O) groups excluding carboxylic acids is 1. The molecule has 1 unspecified atom stereocenters. The molecule has 0 saturated carbocycles. The second-order valence-corrected chi connectivity index (χ2v) is 4.75. The average molecular weight is 252 g/mol. The van der Waals surface area contributed by atoms with Crippen molar-refractivity contribution in [3.05, 3.63) is 0 Å². The van der Waals surface area contributed by atoms with Crippen molar-refractivity contribution < 1.29 is 4.79 Å². The Balaban J connectivity index is 2.46. The van der Waals surface area contributed by atoms with Crippen LogP contribution in [-0.4, -0.2) is 66.5 Å². The molecule has 0 aliphatic carbocycles. The first-order valence-electron chi connectivity index (χ1n) is 6.77. The van der Waals surface area contributed by atoms with Crippen LogP contribution in [0.5, 0.6) is 0 Å². The molecule has 1 fully saturated rings. The Bertz CT molecular complexity index is 305. The molecule has 0 radical (unpaired) electrons. The van der Waals surface area contributed by atoms with E-state index >= 15 is 0 Å². The summed E-state index contributed by atoms with van der Waals surface area (Å²) in [4.78, 5) is 17.8. The van der Waals surface area contributed by atoms with Gasteiger partial charge in [0.25, 0.3) is 0 Å². The third kappa shape index (κ3) is 3.61. The number of hydrogen-bond donors (Lipinski definition) is 0. The second kappa shape index (κ2) is 7.22. The number of nitrogens with zero attached hydrogens (tertiary/aromatic N) is 4. The van der Waals surface area contributed by atoms with Crippen LogP contribution in [-0.2, 0) is 0 Å². The molecular weight excluding hydrogens is 228 g/mol. The van der Waals surface area contributed by atoms with Gasteiger partial charge in [-0.05, 0) is 13.3 Å². The van der Waals surface area contributed by atoms with Gasteiger partial charge in [0.15, 0.2) is 0 Å². The van der Waals surface area contributed by atoms with Gasteiger partial charge in [0.1, 0.15) is 0 Å². The molecule has 102 valence electrons. The molecule has 1 aliphatic rings. The first kappa shape index (κ1) is 14.8. The van der Waals surface area contributed by atoms with Crippen LogP contribution in [0.2, 0.25) is 0 Å². The van der Waals surface area contributed by atoms with Crippen molar-refractivity contribution in [2.45, 2.75) is 32.7 Å². The monoisotopic (exact) mass is 252 g/mol. The van der Waals surface area contributed by atoms with Crippen LogP contribution in [0.25, 0.3) is 0 Å². The van der Waals surface area contributed by atoms with Crippen molar-refractivity contribution in [3.8, 4) is 6.07 Å². The molecule has 0 spiro atoms. The highest BCUT2D eigenvalue weighted by atomic mass is 16.2. The lowest BCUT2D eigenvalue weighted by Crippen LogP contribution is -2.54. The first-order chi connectivity index (χ1) is 8.63. The molecule has 0 aromatic heterocycles. The summed E-state index contributed by atoms with van der Waals surface area (Å²) in [7, 11) is 1.82. The van der Waals surface area contributed by atoms with Crippen LogP contribution in [0, 0.1) is 11.3 Å². The number of hydrogen-bond acceptors (Lipinski definition) is 3. The zero-order valence-electron chi connectivity index (χ0n) is 11.7. The predicted octanol–water partition coefficient (Wildman–Crippen LogP) is 1.37. The lowest BCUT2D eigenvalue weighted by molar-refractivity contribution is 0.106. The number of rotatable bonds is 4. The van der Waals surface area contributed by atoms with Gasteiger partial charge in [-0.15, -0.1) is 0 Å². The van der Waals surface area contributed by atoms with Gasteiger partial charge in [0, 0.05) is 39.8 Å². The Morgan fingerprint density at radius 1 is 1.33 bits per heavy atom. The highest BCUT2D eigenvalue weighted by Crippen LogP contribution is 2.11. The smallest absolute Gasteiger partial charge is 0.319 e. The predicted molar refractivity (Wildman–Crippen MR) is 71.2 cm³/mol. The van der Waals surface area contributed by atoms with Crippen LogP contribution in [0.4, 0.5) is 4.79 Å². The summed E-state index contributed by atoms with van der Waals surface area (Å²) in [6, 6.07) is 2.47. The molecular formula is C13H24N4O. The molecule has 5 nitrogen and oxygen atoms in total. The summed E-state index contributed by atoms with van der Waals surface area (Å²) in [5, 5.41) is 9.13. The van der Waals surface area contributed by atoms with E-state index < -0.39 is 0 Å². The Labute approximate surface area is 110 Å². The highest BCUT2D eigenvalue weighted by Gasteiger charge is 2.26. The van der Waals surface area contributed by atoms with Gasteiger partial charge < -0.3 is 9.80 Å². The average Bonchev–Trinajstić information content (AvgIpc) is 2.43. The highest BCUT2D eigenvalue weighted by molar-refractivity contribution is 5.74. The van der Waals surface area contributed by atoms with E-state index in [0.717, 1.165) is 45.6 Å². The fourth-order valence-electron chi connectivity index (χ4n) is 2.20. The zero-order chi connectivity index (χ0) is 13.5. The molecule has 18 heavy (non-hydrogen) atoms. The number of amides is 2. The van der Waals surface area contributed by atoms with E-state index in [1.807, 2.05) is 18.9 Å². The van der Waals surface area contributed by atoms with E-state index in [1.54, 1.807) is 4.90 Å². The maximum Gasteiger partial charge on any atom is 0.319 e. The SMILES string of the molecule is CCCC(C#N)N1CCN(C(=O)N(C)CC)CC1. The quantitative estimate of drug-likeness (QED) is 0.759. The molecule has 0 N–H and O–H groups in total. The number of nitriles is 1. The Kier molecular flexibility index (Phi) is 5.93. The van der Waals surface area contributed by atoms with Crippen molar-refractivity contribution in [1.82, 2.24) is 14.7 Å². The molecule has 0 bridgehead atoms. The summed E-state index contributed by atoms with van der Waals surface area (Å²) in [6.07, 6.45) is 1.94. The van der Waals surface area contributed by atoms with Crippen LogP contribution >= 0.6 is 0 Å². The van der Waals surface area contributed by atoms with Crippen molar-refractivity contribution in [3.63, 3.8) is 0 Å². The van der Waals surface area contributed by atoms with E-state index in [4.69, 9.17) is 5.26 Å². The summed E-state index contributed by atoms with van der Waals surface area (Å²) >= 11 is 0. The van der Waals surface area contributed by atoms with E-state index in [9.17, 15) is 4.79 Å². The van der Waals surface area contributed by atoms with Crippen LogP contribution < -0.4 is 0 Å². The van der Waals surface area contributed by atoms with Gasteiger partial charge in [-0.25, -0.2) is 4.79 Å². The third-order valence-corrected chi connectivity index (χ3v) is 3.54. The Hall–Kier alpha value is -1.28. The lowest BCUT2D eigenvalue weighted by Gasteiger charge is -2.38. The minimum Gasteiger partial charge on any atom is -0.328 e. The summed E-state index contributed by atoms with van der Waals surface area (Å²) in [6.45, 7) is 7.87. The normalized spacial score (nSPS) is 18.2. The minimum atomic E-state index is 0.0103. The van der Waals surface area contributed by atoms with E-state index in [2.05, 4.69) is 17.9 Å². The Morgan fingerprint density at radius 2 is 1.94 bits per heavy atom. The van der Waals surface area contributed by atoms with Gasteiger partial charge in [-0.3, -0.25) is 4.90 Å². The van der Waals surface area contributed by atoms with Crippen LogP contribution in [0.15, 0.2) is 0 Å². The molecule has 0 aromatic carbocycles. The number of piperazine rings is 1. The number of carbonyl (C=O) groups is 1. The van der Waals surface area contributed by atoms with E-state index in [1.165, 1.54) is 0 Å². The largest absolute Gasteiger partial charge is 0.328 e. The maximum absolute atomic E-state index is 12.0. The van der Waals surface area contributed by atoms with E-state index in [-0.39, 0.29) is 12.1 Å². The van der Waals surface area contributed by atoms with Gasteiger partial charge in [0.2, 0.25) is 0 Å². The Morgan fingerprint density at radius 3 is 2.39 bits per heavy atom. The van der Waals surface area contributed by atoms with Crippen LogP contribution in [0.3, 0.4) is 0 Å². The summed E-state index contributed by atoms with van der Waals surface area (Å²) in [5.74, 6) is 0. The maximum atomic E-state index is 12.0.